The van der Waals surface area contributed by atoms with E-state index in [2.05, 4.69) is 57.2 Å². The van der Waals surface area contributed by atoms with Crippen LogP contribution in [0.5, 0.6) is 0 Å². The minimum Gasteiger partial charge on any atom is -0.510 e. The largest absolute Gasteiger partial charge is 0.510 e. The Morgan fingerprint density at radius 1 is 1.00 bits per heavy atom. The summed E-state index contributed by atoms with van der Waals surface area (Å²) in [6.07, 6.45) is 0. The van der Waals surface area contributed by atoms with Crippen LogP contribution in [0.1, 0.15) is 26.6 Å². The molecule has 0 spiro atoms. The lowest BCUT2D eigenvalue weighted by Gasteiger charge is -2.19. The van der Waals surface area contributed by atoms with E-state index in [9.17, 15) is 5.11 Å². The van der Waals surface area contributed by atoms with Crippen molar-refractivity contribution in [3.63, 3.8) is 0 Å². The number of benzene rings is 2. The number of aryl methyl sites for hydroxylation is 4. The predicted octanol–water partition coefficient (Wildman–Crippen LogP) is 5.81. The van der Waals surface area contributed by atoms with Gasteiger partial charge in [0.1, 0.15) is 16.6 Å². The first-order valence-corrected chi connectivity index (χ1v) is 10.1. The zero-order chi connectivity index (χ0) is 20.0. The monoisotopic (exact) mass is 389 g/mol. The molecule has 4 rings (SSSR count). The minimum atomic E-state index is 0.201. The highest BCUT2D eigenvalue weighted by Crippen LogP contribution is 2.37. The second-order valence-electron chi connectivity index (χ2n) is 7.31. The number of hydrogen-bond acceptors (Lipinski definition) is 4. The topological polar surface area (TPSA) is 60.2 Å². The lowest BCUT2D eigenvalue weighted by molar-refractivity contribution is 0.411. The van der Waals surface area contributed by atoms with Gasteiger partial charge in [-0.2, -0.15) is 0 Å². The van der Waals surface area contributed by atoms with Gasteiger partial charge in [0, 0.05) is 16.1 Å². The summed E-state index contributed by atoms with van der Waals surface area (Å²) >= 11 is 1.52. The van der Waals surface area contributed by atoms with Crippen molar-refractivity contribution in [3.05, 3.63) is 74.8 Å². The first kappa shape index (κ1) is 18.4. The van der Waals surface area contributed by atoms with Crippen LogP contribution in [-0.4, -0.2) is 22.5 Å². The average molecular weight is 390 g/mol. The highest BCUT2D eigenvalue weighted by molar-refractivity contribution is 7.13. The molecule has 2 N–H and O–H groups in total. The lowest BCUT2D eigenvalue weighted by Crippen LogP contribution is -2.26. The van der Waals surface area contributed by atoms with Crippen LogP contribution in [0.25, 0.3) is 16.8 Å². The molecular formula is C23H23N3OS. The molecule has 1 aliphatic heterocycles. The SMILES string of the molecule is Cc1ccc(-c2nc(C3=C(O)CN(c4ccc(C)c(C)c4)C3=N)sc2C)cc1. The molecule has 0 amide bonds. The molecule has 2 heterocycles. The van der Waals surface area contributed by atoms with E-state index < -0.39 is 0 Å². The van der Waals surface area contributed by atoms with Crippen molar-refractivity contribution >= 4 is 28.4 Å². The van der Waals surface area contributed by atoms with E-state index >= 15 is 0 Å². The molecule has 28 heavy (non-hydrogen) atoms. The average Bonchev–Trinajstić information content (AvgIpc) is 3.17. The number of hydrogen-bond donors (Lipinski definition) is 2. The molecule has 4 nitrogen and oxygen atoms in total. The van der Waals surface area contributed by atoms with E-state index in [-0.39, 0.29) is 5.76 Å². The summed E-state index contributed by atoms with van der Waals surface area (Å²) in [5.74, 6) is 0.498. The van der Waals surface area contributed by atoms with Crippen molar-refractivity contribution in [2.24, 2.45) is 0 Å². The van der Waals surface area contributed by atoms with Crippen LogP contribution in [0.15, 0.2) is 48.2 Å². The third kappa shape index (κ3) is 3.12. The predicted molar refractivity (Wildman–Crippen MR) is 118 cm³/mol. The lowest BCUT2D eigenvalue weighted by atomic mass is 10.1. The minimum absolute atomic E-state index is 0.201. The van der Waals surface area contributed by atoms with Gasteiger partial charge in [0.2, 0.25) is 0 Å². The number of aromatic nitrogens is 1. The first-order valence-electron chi connectivity index (χ1n) is 9.26. The van der Waals surface area contributed by atoms with Gasteiger partial charge < -0.3 is 10.0 Å². The number of amidine groups is 1. The molecule has 0 saturated carbocycles. The maximum absolute atomic E-state index is 10.6. The first-order chi connectivity index (χ1) is 13.3. The Morgan fingerprint density at radius 2 is 1.71 bits per heavy atom. The Bertz CT molecular complexity index is 1110. The second-order valence-corrected chi connectivity index (χ2v) is 8.52. The normalized spacial score (nSPS) is 14.3. The van der Waals surface area contributed by atoms with E-state index in [1.807, 2.05) is 17.9 Å². The van der Waals surface area contributed by atoms with Crippen LogP contribution in [0, 0.1) is 33.1 Å². The second kappa shape index (κ2) is 6.91. The Labute approximate surface area is 169 Å². The number of aliphatic hydroxyl groups is 1. The molecule has 142 valence electrons. The Morgan fingerprint density at radius 3 is 2.39 bits per heavy atom. The third-order valence-electron chi connectivity index (χ3n) is 5.24. The molecule has 0 saturated heterocycles. The zero-order valence-electron chi connectivity index (χ0n) is 16.5. The summed E-state index contributed by atoms with van der Waals surface area (Å²) in [5, 5.41) is 20.0. The molecule has 0 atom stereocenters. The zero-order valence-corrected chi connectivity index (χ0v) is 17.3. The van der Waals surface area contributed by atoms with Crippen LogP contribution >= 0.6 is 11.3 Å². The summed E-state index contributed by atoms with van der Waals surface area (Å²) in [6.45, 7) is 8.53. The van der Waals surface area contributed by atoms with Crippen LogP contribution in [0.3, 0.4) is 0 Å². The summed E-state index contributed by atoms with van der Waals surface area (Å²) in [6, 6.07) is 14.4. The molecule has 2 aromatic carbocycles. The highest BCUT2D eigenvalue weighted by Gasteiger charge is 2.32. The molecule has 0 unspecified atom stereocenters. The highest BCUT2D eigenvalue weighted by atomic mass is 32.1. The molecule has 0 fully saturated rings. The van der Waals surface area contributed by atoms with Crippen molar-refractivity contribution < 1.29 is 5.11 Å². The molecule has 0 bridgehead atoms. The van der Waals surface area contributed by atoms with Crippen molar-refractivity contribution in [1.29, 1.82) is 5.41 Å². The van der Waals surface area contributed by atoms with Crippen LogP contribution in [0.2, 0.25) is 0 Å². The van der Waals surface area contributed by atoms with E-state index in [0.717, 1.165) is 21.8 Å². The molecule has 1 aliphatic rings. The Balaban J connectivity index is 1.68. The third-order valence-corrected chi connectivity index (χ3v) is 6.23. The van der Waals surface area contributed by atoms with Crippen molar-refractivity contribution in [1.82, 2.24) is 4.98 Å². The quantitative estimate of drug-likeness (QED) is 0.594. The fourth-order valence-electron chi connectivity index (χ4n) is 3.40. The number of aliphatic hydroxyl groups excluding tert-OH is 1. The molecule has 0 aliphatic carbocycles. The standard InChI is InChI=1S/C23H23N3OS/c1-13-5-8-17(9-6-13)21-16(4)28-23(25-21)20-19(27)12-26(22(20)24)18-10-7-14(2)15(3)11-18/h5-11,24,27H,12H2,1-4H3. The van der Waals surface area contributed by atoms with Gasteiger partial charge in [-0.1, -0.05) is 35.9 Å². The van der Waals surface area contributed by atoms with E-state index in [1.54, 1.807) is 0 Å². The van der Waals surface area contributed by atoms with Gasteiger partial charge in [-0.05, 0) is 51.0 Å². The summed E-state index contributed by atoms with van der Waals surface area (Å²) < 4.78 is 0. The number of thiazole rings is 1. The fraction of sp³-hybridized carbons (Fsp3) is 0.217. The molecule has 1 aromatic heterocycles. The number of nitrogens with zero attached hydrogens (tertiary/aromatic N) is 2. The number of nitrogens with one attached hydrogen (secondary N) is 1. The summed E-state index contributed by atoms with van der Waals surface area (Å²) in [4.78, 5) is 7.70. The molecular weight excluding hydrogens is 366 g/mol. The summed E-state index contributed by atoms with van der Waals surface area (Å²) in [5.41, 5.74) is 7.01. The Hall–Kier alpha value is -2.92. The number of anilines is 1. The Kier molecular flexibility index (Phi) is 4.55. The fourth-order valence-corrected chi connectivity index (χ4v) is 4.40. The van der Waals surface area contributed by atoms with E-state index in [1.165, 1.54) is 28.0 Å². The van der Waals surface area contributed by atoms with Crippen LogP contribution in [-0.2, 0) is 0 Å². The van der Waals surface area contributed by atoms with Gasteiger partial charge in [0.05, 0.1) is 17.8 Å². The van der Waals surface area contributed by atoms with E-state index in [4.69, 9.17) is 10.4 Å². The molecule has 5 heteroatoms. The van der Waals surface area contributed by atoms with Gasteiger partial charge in [0.15, 0.2) is 0 Å². The van der Waals surface area contributed by atoms with Crippen molar-refractivity contribution in [2.45, 2.75) is 27.7 Å². The molecule has 0 radical (unpaired) electrons. The van der Waals surface area contributed by atoms with Gasteiger partial charge in [0.25, 0.3) is 0 Å². The summed E-state index contributed by atoms with van der Waals surface area (Å²) in [7, 11) is 0. The van der Waals surface area contributed by atoms with Gasteiger partial charge in [-0.3, -0.25) is 5.41 Å². The van der Waals surface area contributed by atoms with Crippen LogP contribution in [0.4, 0.5) is 5.69 Å². The number of rotatable bonds is 3. The molecule has 3 aromatic rings. The van der Waals surface area contributed by atoms with Gasteiger partial charge >= 0.3 is 0 Å². The van der Waals surface area contributed by atoms with Gasteiger partial charge in [-0.25, -0.2) is 4.98 Å². The van der Waals surface area contributed by atoms with Gasteiger partial charge in [-0.15, -0.1) is 11.3 Å². The van der Waals surface area contributed by atoms with E-state index in [0.29, 0.717) is 23.0 Å². The maximum atomic E-state index is 10.6. The smallest absolute Gasteiger partial charge is 0.139 e. The van der Waals surface area contributed by atoms with Crippen LogP contribution < -0.4 is 4.90 Å². The maximum Gasteiger partial charge on any atom is 0.139 e. The van der Waals surface area contributed by atoms with Crippen molar-refractivity contribution in [3.8, 4) is 11.3 Å². The van der Waals surface area contributed by atoms with Crippen molar-refractivity contribution in [2.75, 3.05) is 11.4 Å².